The first-order valence-corrected chi connectivity index (χ1v) is 9.10. The molecular weight excluding hydrogens is 301 g/mol. The zero-order valence-electron chi connectivity index (χ0n) is 13.4. The molecule has 0 saturated heterocycles. The number of nitrogens with one attached hydrogen (secondary N) is 1. The van der Waals surface area contributed by atoms with Gasteiger partial charge in [-0.05, 0) is 43.5 Å². The molecule has 1 N–H and O–H groups in total. The molecule has 0 saturated carbocycles. The van der Waals surface area contributed by atoms with Gasteiger partial charge >= 0.3 is 0 Å². The number of halogens is 2. The molecule has 0 aliphatic carbocycles. The summed E-state index contributed by atoms with van der Waals surface area (Å²) in [4.78, 5) is 0. The van der Waals surface area contributed by atoms with Gasteiger partial charge in [-0.15, -0.1) is 0 Å². The molecular formula is C18H29Cl2N. The number of hydrogen-bond donors (Lipinski definition) is 1. The van der Waals surface area contributed by atoms with Crippen molar-refractivity contribution in [3.05, 3.63) is 33.8 Å². The Morgan fingerprint density at radius 1 is 0.952 bits per heavy atom. The minimum Gasteiger partial charge on any atom is -0.314 e. The van der Waals surface area contributed by atoms with Crippen LogP contribution in [-0.4, -0.2) is 12.6 Å². The van der Waals surface area contributed by atoms with Crippen molar-refractivity contribution in [2.24, 2.45) is 0 Å². The molecule has 1 unspecified atom stereocenters. The number of unbranched alkanes of at least 4 members (excludes halogenated alkanes) is 4. The standard InChI is InChI=1S/C18H29Cl2N/c1-3-5-6-7-8-9-16(21-12-4-2)13-15-10-11-17(19)18(20)14-15/h10-11,14,16,21H,3-9,12-13H2,1-2H3. The molecule has 120 valence electrons. The fourth-order valence-corrected chi connectivity index (χ4v) is 2.89. The third kappa shape index (κ3) is 8.09. The molecule has 0 heterocycles. The van der Waals surface area contributed by atoms with Gasteiger partial charge in [0, 0.05) is 6.04 Å². The highest BCUT2D eigenvalue weighted by Crippen LogP contribution is 2.23. The van der Waals surface area contributed by atoms with Crippen molar-refractivity contribution in [2.75, 3.05) is 6.54 Å². The summed E-state index contributed by atoms with van der Waals surface area (Å²) >= 11 is 12.1. The van der Waals surface area contributed by atoms with Crippen molar-refractivity contribution in [3.8, 4) is 0 Å². The maximum absolute atomic E-state index is 6.11. The molecule has 21 heavy (non-hydrogen) atoms. The van der Waals surface area contributed by atoms with Crippen molar-refractivity contribution >= 4 is 23.2 Å². The summed E-state index contributed by atoms with van der Waals surface area (Å²) < 4.78 is 0. The largest absolute Gasteiger partial charge is 0.314 e. The Balaban J connectivity index is 2.46. The van der Waals surface area contributed by atoms with E-state index in [4.69, 9.17) is 23.2 Å². The summed E-state index contributed by atoms with van der Waals surface area (Å²) in [6.45, 7) is 5.56. The van der Waals surface area contributed by atoms with Gasteiger partial charge in [0.15, 0.2) is 0 Å². The van der Waals surface area contributed by atoms with Crippen LogP contribution in [0.4, 0.5) is 0 Å². The molecule has 0 aromatic heterocycles. The fourth-order valence-electron chi connectivity index (χ4n) is 2.57. The molecule has 0 aliphatic heterocycles. The van der Waals surface area contributed by atoms with Gasteiger partial charge in [0.2, 0.25) is 0 Å². The number of benzene rings is 1. The van der Waals surface area contributed by atoms with Crippen LogP contribution in [0.1, 0.15) is 64.4 Å². The number of hydrogen-bond acceptors (Lipinski definition) is 1. The van der Waals surface area contributed by atoms with Gasteiger partial charge in [-0.1, -0.05) is 75.2 Å². The molecule has 1 aromatic carbocycles. The van der Waals surface area contributed by atoms with Crippen LogP contribution in [0.2, 0.25) is 10.0 Å². The Bertz CT molecular complexity index is 393. The highest BCUT2D eigenvalue weighted by atomic mass is 35.5. The molecule has 0 aliphatic rings. The number of rotatable bonds is 11. The van der Waals surface area contributed by atoms with Crippen LogP contribution < -0.4 is 5.32 Å². The summed E-state index contributed by atoms with van der Waals surface area (Å²) in [6, 6.07) is 6.54. The Morgan fingerprint density at radius 2 is 1.71 bits per heavy atom. The summed E-state index contributed by atoms with van der Waals surface area (Å²) in [6.07, 6.45) is 10.1. The van der Waals surface area contributed by atoms with Crippen LogP contribution in [0, 0.1) is 0 Å². The average molecular weight is 330 g/mol. The second-order valence-corrected chi connectivity index (χ2v) is 6.62. The lowest BCUT2D eigenvalue weighted by atomic mass is 9.99. The van der Waals surface area contributed by atoms with Crippen LogP contribution >= 0.6 is 23.2 Å². The van der Waals surface area contributed by atoms with Gasteiger partial charge in [0.1, 0.15) is 0 Å². The Labute approximate surface area is 140 Å². The van der Waals surface area contributed by atoms with E-state index in [1.165, 1.54) is 50.5 Å². The van der Waals surface area contributed by atoms with Crippen molar-refractivity contribution < 1.29 is 0 Å². The van der Waals surface area contributed by atoms with E-state index in [0.29, 0.717) is 16.1 Å². The van der Waals surface area contributed by atoms with E-state index in [0.717, 1.165) is 13.0 Å². The van der Waals surface area contributed by atoms with E-state index in [1.807, 2.05) is 12.1 Å². The Kier molecular flexibility index (Phi) is 10.2. The lowest BCUT2D eigenvalue weighted by Gasteiger charge is -2.19. The molecule has 3 heteroatoms. The van der Waals surface area contributed by atoms with Crippen molar-refractivity contribution in [1.29, 1.82) is 0 Å². The Morgan fingerprint density at radius 3 is 2.38 bits per heavy atom. The molecule has 1 nitrogen and oxygen atoms in total. The lowest BCUT2D eigenvalue weighted by Crippen LogP contribution is -2.31. The zero-order chi connectivity index (χ0) is 15.5. The fraction of sp³-hybridized carbons (Fsp3) is 0.667. The van der Waals surface area contributed by atoms with E-state index >= 15 is 0 Å². The zero-order valence-corrected chi connectivity index (χ0v) is 14.9. The van der Waals surface area contributed by atoms with Gasteiger partial charge in [0.05, 0.1) is 10.0 Å². The quantitative estimate of drug-likeness (QED) is 0.472. The first kappa shape index (κ1) is 18.8. The van der Waals surface area contributed by atoms with Crippen molar-refractivity contribution in [3.63, 3.8) is 0 Å². The van der Waals surface area contributed by atoms with E-state index in [2.05, 4.69) is 25.2 Å². The second kappa shape index (κ2) is 11.3. The molecule has 1 rings (SSSR count). The predicted octanol–water partition coefficient (Wildman–Crippen LogP) is 6.26. The van der Waals surface area contributed by atoms with Crippen LogP contribution in [0.25, 0.3) is 0 Å². The SMILES string of the molecule is CCCCCCCC(Cc1ccc(Cl)c(Cl)c1)NCCC. The van der Waals surface area contributed by atoms with Crippen LogP contribution in [0.5, 0.6) is 0 Å². The minimum atomic E-state index is 0.545. The van der Waals surface area contributed by atoms with Crippen LogP contribution in [0.15, 0.2) is 18.2 Å². The van der Waals surface area contributed by atoms with Crippen LogP contribution in [-0.2, 0) is 6.42 Å². The van der Waals surface area contributed by atoms with Gasteiger partial charge in [-0.2, -0.15) is 0 Å². The summed E-state index contributed by atoms with van der Waals surface area (Å²) in [5.41, 5.74) is 1.27. The first-order chi connectivity index (χ1) is 10.2. The second-order valence-electron chi connectivity index (χ2n) is 5.81. The summed E-state index contributed by atoms with van der Waals surface area (Å²) in [7, 11) is 0. The highest BCUT2D eigenvalue weighted by Gasteiger charge is 2.10. The molecule has 1 aromatic rings. The third-order valence-corrected chi connectivity index (χ3v) is 4.54. The van der Waals surface area contributed by atoms with Gasteiger partial charge < -0.3 is 5.32 Å². The van der Waals surface area contributed by atoms with Gasteiger partial charge in [-0.25, -0.2) is 0 Å². The maximum atomic E-state index is 6.11. The maximum Gasteiger partial charge on any atom is 0.0595 e. The molecule has 0 spiro atoms. The predicted molar refractivity (Wildman–Crippen MR) is 95.6 cm³/mol. The van der Waals surface area contributed by atoms with Gasteiger partial charge in [-0.3, -0.25) is 0 Å². The molecule has 1 atom stereocenters. The highest BCUT2D eigenvalue weighted by molar-refractivity contribution is 6.42. The Hall–Kier alpha value is -0.240. The monoisotopic (exact) mass is 329 g/mol. The molecule has 0 bridgehead atoms. The third-order valence-electron chi connectivity index (χ3n) is 3.81. The van der Waals surface area contributed by atoms with E-state index in [1.54, 1.807) is 0 Å². The van der Waals surface area contributed by atoms with E-state index in [9.17, 15) is 0 Å². The van der Waals surface area contributed by atoms with E-state index < -0.39 is 0 Å². The van der Waals surface area contributed by atoms with Gasteiger partial charge in [0.25, 0.3) is 0 Å². The molecule has 0 radical (unpaired) electrons. The first-order valence-electron chi connectivity index (χ1n) is 8.34. The smallest absolute Gasteiger partial charge is 0.0595 e. The van der Waals surface area contributed by atoms with E-state index in [-0.39, 0.29) is 0 Å². The average Bonchev–Trinajstić information content (AvgIpc) is 2.48. The van der Waals surface area contributed by atoms with Crippen LogP contribution in [0.3, 0.4) is 0 Å². The lowest BCUT2D eigenvalue weighted by molar-refractivity contribution is 0.451. The topological polar surface area (TPSA) is 12.0 Å². The summed E-state index contributed by atoms with van der Waals surface area (Å²) in [5, 5.41) is 4.96. The molecule has 0 fully saturated rings. The summed E-state index contributed by atoms with van der Waals surface area (Å²) in [5.74, 6) is 0. The van der Waals surface area contributed by atoms with Crippen molar-refractivity contribution in [1.82, 2.24) is 5.32 Å². The normalized spacial score (nSPS) is 12.6. The molecule has 0 amide bonds. The van der Waals surface area contributed by atoms with Crippen molar-refractivity contribution in [2.45, 2.75) is 71.3 Å². The minimum absolute atomic E-state index is 0.545.